The van der Waals surface area contributed by atoms with Crippen LogP contribution in [0.4, 0.5) is 0 Å². The van der Waals surface area contributed by atoms with Gasteiger partial charge in [-0.25, -0.2) is 5.43 Å². The van der Waals surface area contributed by atoms with Crippen LogP contribution in [0.2, 0.25) is 5.02 Å². The topological polar surface area (TPSA) is 50.7 Å². The number of hydrazone groups is 1. The molecule has 0 fully saturated rings. The molecule has 5 heteroatoms. The van der Waals surface area contributed by atoms with Crippen molar-refractivity contribution < 1.29 is 9.53 Å². The average molecular weight is 365 g/mol. The molecule has 0 aliphatic rings. The zero-order valence-electron chi connectivity index (χ0n) is 13.9. The van der Waals surface area contributed by atoms with Crippen LogP contribution in [-0.4, -0.2) is 18.7 Å². The lowest BCUT2D eigenvalue weighted by Crippen LogP contribution is -2.24. The summed E-state index contributed by atoms with van der Waals surface area (Å²) in [6.07, 6.45) is 1.54. The standard InChI is InChI=1S/C21H17ClN2O2/c22-19-10-6-16(7-11-19)14-23-24-21(25)15-26-20-12-8-18(9-13-20)17-4-2-1-3-5-17/h1-14H,15H2,(H,24,25)/b23-14-. The first-order valence-electron chi connectivity index (χ1n) is 8.06. The lowest BCUT2D eigenvalue weighted by atomic mass is 10.1. The van der Waals surface area contributed by atoms with Gasteiger partial charge in [0.05, 0.1) is 6.21 Å². The first kappa shape index (κ1) is 17.7. The predicted octanol–water partition coefficient (Wildman–Crippen LogP) is 4.54. The highest BCUT2D eigenvalue weighted by molar-refractivity contribution is 6.30. The second-order valence-corrected chi connectivity index (χ2v) is 5.96. The van der Waals surface area contributed by atoms with Gasteiger partial charge in [0, 0.05) is 5.02 Å². The molecular formula is C21H17ClN2O2. The van der Waals surface area contributed by atoms with Gasteiger partial charge >= 0.3 is 0 Å². The third-order valence-electron chi connectivity index (χ3n) is 3.60. The third-order valence-corrected chi connectivity index (χ3v) is 3.86. The van der Waals surface area contributed by atoms with Gasteiger partial charge in [0.25, 0.3) is 5.91 Å². The lowest BCUT2D eigenvalue weighted by Gasteiger charge is -2.06. The molecule has 3 aromatic rings. The largest absolute Gasteiger partial charge is 0.484 e. The van der Waals surface area contributed by atoms with Gasteiger partial charge in [-0.1, -0.05) is 66.2 Å². The molecule has 3 rings (SSSR count). The van der Waals surface area contributed by atoms with E-state index in [4.69, 9.17) is 16.3 Å². The Kier molecular flexibility index (Phi) is 6.01. The molecule has 0 saturated heterocycles. The van der Waals surface area contributed by atoms with Gasteiger partial charge in [0.15, 0.2) is 6.61 Å². The maximum atomic E-state index is 11.8. The van der Waals surface area contributed by atoms with Crippen molar-refractivity contribution in [3.05, 3.63) is 89.4 Å². The fourth-order valence-electron chi connectivity index (χ4n) is 2.28. The molecule has 1 N–H and O–H groups in total. The van der Waals surface area contributed by atoms with Crippen molar-refractivity contribution in [3.8, 4) is 16.9 Å². The number of nitrogens with zero attached hydrogens (tertiary/aromatic N) is 1. The average Bonchev–Trinajstić information content (AvgIpc) is 2.69. The van der Waals surface area contributed by atoms with E-state index in [0.717, 1.165) is 16.7 Å². The van der Waals surface area contributed by atoms with Gasteiger partial charge in [0.1, 0.15) is 5.75 Å². The third kappa shape index (κ3) is 5.19. The second-order valence-electron chi connectivity index (χ2n) is 5.52. The van der Waals surface area contributed by atoms with E-state index in [-0.39, 0.29) is 12.5 Å². The van der Waals surface area contributed by atoms with Gasteiger partial charge in [-0.05, 0) is 41.0 Å². The van der Waals surface area contributed by atoms with Crippen LogP contribution in [0.5, 0.6) is 5.75 Å². The summed E-state index contributed by atoms with van der Waals surface area (Å²) < 4.78 is 5.47. The van der Waals surface area contributed by atoms with E-state index in [0.29, 0.717) is 10.8 Å². The Bertz CT molecular complexity index is 876. The van der Waals surface area contributed by atoms with Crippen LogP contribution < -0.4 is 10.2 Å². The van der Waals surface area contributed by atoms with Crippen LogP contribution in [0.1, 0.15) is 5.56 Å². The van der Waals surface area contributed by atoms with Crippen LogP contribution in [0.15, 0.2) is 84.0 Å². The summed E-state index contributed by atoms with van der Waals surface area (Å²) >= 11 is 5.81. The summed E-state index contributed by atoms with van der Waals surface area (Å²) in [7, 11) is 0. The van der Waals surface area contributed by atoms with E-state index >= 15 is 0 Å². The quantitative estimate of drug-likeness (QED) is 0.516. The van der Waals surface area contributed by atoms with Crippen LogP contribution in [0.25, 0.3) is 11.1 Å². The number of rotatable bonds is 6. The highest BCUT2D eigenvalue weighted by atomic mass is 35.5. The van der Waals surface area contributed by atoms with E-state index in [1.165, 1.54) is 0 Å². The fourth-order valence-corrected chi connectivity index (χ4v) is 2.41. The second kappa shape index (κ2) is 8.83. The number of benzene rings is 3. The van der Waals surface area contributed by atoms with E-state index in [9.17, 15) is 4.79 Å². The molecule has 1 amide bonds. The van der Waals surface area contributed by atoms with E-state index in [1.807, 2.05) is 66.7 Å². The zero-order chi connectivity index (χ0) is 18.2. The van der Waals surface area contributed by atoms with Gasteiger partial charge in [-0.2, -0.15) is 5.10 Å². The van der Waals surface area contributed by atoms with Crippen molar-refractivity contribution in [2.45, 2.75) is 0 Å². The minimum atomic E-state index is -0.331. The van der Waals surface area contributed by atoms with Gasteiger partial charge in [-0.15, -0.1) is 0 Å². The molecule has 0 heterocycles. The Balaban J connectivity index is 1.47. The number of carbonyl (C=O) groups is 1. The number of ether oxygens (including phenoxy) is 1. The smallest absolute Gasteiger partial charge is 0.277 e. The SMILES string of the molecule is O=C(COc1ccc(-c2ccccc2)cc1)N/N=C\c1ccc(Cl)cc1. The zero-order valence-corrected chi connectivity index (χ0v) is 14.7. The predicted molar refractivity (Wildman–Crippen MR) is 105 cm³/mol. The number of hydrogen-bond acceptors (Lipinski definition) is 3. The molecule has 130 valence electrons. The summed E-state index contributed by atoms with van der Waals surface area (Å²) in [5, 5.41) is 4.54. The van der Waals surface area contributed by atoms with Gasteiger partial charge in [-0.3, -0.25) is 4.79 Å². The number of hydrogen-bond donors (Lipinski definition) is 1. The summed E-state index contributed by atoms with van der Waals surface area (Å²) in [6, 6.07) is 24.8. The Hall–Kier alpha value is -3.11. The fraction of sp³-hybridized carbons (Fsp3) is 0.0476. The van der Waals surface area contributed by atoms with Crippen molar-refractivity contribution in [3.63, 3.8) is 0 Å². The Labute approximate surface area is 157 Å². The summed E-state index contributed by atoms with van der Waals surface area (Å²) in [4.78, 5) is 11.8. The van der Waals surface area contributed by atoms with Crippen LogP contribution in [0.3, 0.4) is 0 Å². The summed E-state index contributed by atoms with van der Waals surface area (Å²) in [5.74, 6) is 0.295. The molecule has 0 aliphatic heterocycles. The molecule has 0 aliphatic carbocycles. The van der Waals surface area contributed by atoms with Gasteiger partial charge in [0.2, 0.25) is 0 Å². The minimum absolute atomic E-state index is 0.108. The summed E-state index contributed by atoms with van der Waals surface area (Å²) in [5.41, 5.74) is 5.49. The van der Waals surface area contributed by atoms with E-state index < -0.39 is 0 Å². The molecule has 0 spiro atoms. The lowest BCUT2D eigenvalue weighted by molar-refractivity contribution is -0.123. The van der Waals surface area contributed by atoms with Crippen molar-refractivity contribution in [2.24, 2.45) is 5.10 Å². The number of halogens is 1. The van der Waals surface area contributed by atoms with Crippen LogP contribution in [0, 0.1) is 0 Å². The first-order chi connectivity index (χ1) is 12.7. The van der Waals surface area contributed by atoms with Crippen molar-refractivity contribution in [2.75, 3.05) is 6.61 Å². The van der Waals surface area contributed by atoms with Crippen molar-refractivity contribution in [1.29, 1.82) is 0 Å². The van der Waals surface area contributed by atoms with E-state index in [1.54, 1.807) is 18.3 Å². The Morgan fingerprint density at radius 1 is 0.923 bits per heavy atom. The van der Waals surface area contributed by atoms with Crippen molar-refractivity contribution in [1.82, 2.24) is 5.43 Å². The number of amides is 1. The molecule has 0 aromatic heterocycles. The molecule has 0 radical (unpaired) electrons. The monoisotopic (exact) mass is 364 g/mol. The normalized spacial score (nSPS) is 10.7. The highest BCUT2D eigenvalue weighted by Gasteiger charge is 2.02. The molecule has 0 atom stereocenters. The maximum Gasteiger partial charge on any atom is 0.277 e. The first-order valence-corrected chi connectivity index (χ1v) is 8.44. The molecule has 0 unspecified atom stereocenters. The molecule has 0 bridgehead atoms. The maximum absolute atomic E-state index is 11.8. The molecule has 0 saturated carbocycles. The summed E-state index contributed by atoms with van der Waals surface area (Å²) in [6.45, 7) is -0.108. The minimum Gasteiger partial charge on any atom is -0.484 e. The number of nitrogens with one attached hydrogen (secondary N) is 1. The van der Waals surface area contributed by atoms with Crippen molar-refractivity contribution >= 4 is 23.7 Å². The van der Waals surface area contributed by atoms with Crippen LogP contribution in [-0.2, 0) is 4.79 Å². The number of carbonyl (C=O) groups excluding carboxylic acids is 1. The Morgan fingerprint density at radius 2 is 1.58 bits per heavy atom. The Morgan fingerprint density at radius 3 is 2.27 bits per heavy atom. The van der Waals surface area contributed by atoms with Gasteiger partial charge < -0.3 is 4.74 Å². The highest BCUT2D eigenvalue weighted by Crippen LogP contribution is 2.21. The molecular weight excluding hydrogens is 348 g/mol. The molecule has 4 nitrogen and oxygen atoms in total. The van der Waals surface area contributed by atoms with Crippen LogP contribution >= 0.6 is 11.6 Å². The molecule has 26 heavy (non-hydrogen) atoms. The van der Waals surface area contributed by atoms with E-state index in [2.05, 4.69) is 10.5 Å². The molecule has 3 aromatic carbocycles.